The Morgan fingerprint density at radius 1 is 0.404 bits per heavy atom. The van der Waals surface area contributed by atoms with Gasteiger partial charge in [0.25, 0.3) is 0 Å². The molecule has 0 radical (unpaired) electrons. The van der Waals surface area contributed by atoms with Crippen molar-refractivity contribution in [3.63, 3.8) is 0 Å². The first-order valence-electron chi connectivity index (χ1n) is 23.2. The van der Waals surface area contributed by atoms with Crippen molar-refractivity contribution in [3.8, 4) is 0 Å². The van der Waals surface area contributed by atoms with Crippen molar-refractivity contribution in [1.82, 2.24) is 16.0 Å². The normalized spacial score (nSPS) is 15.4. The number of unbranched alkanes of at least 4 members (excludes halogenated alkanes) is 14. The third-order valence-electron chi connectivity index (χ3n) is 9.83. The zero-order chi connectivity index (χ0) is 42.2. The van der Waals surface area contributed by atoms with Gasteiger partial charge in [0.15, 0.2) is 12.6 Å². The second-order valence-electron chi connectivity index (χ2n) is 16.2. The summed E-state index contributed by atoms with van der Waals surface area (Å²) in [6.07, 6.45) is 15.5. The minimum absolute atomic E-state index is 0.0316. The van der Waals surface area contributed by atoms with Gasteiger partial charge in [-0.05, 0) is 125 Å². The van der Waals surface area contributed by atoms with Gasteiger partial charge in [-0.3, -0.25) is 0 Å². The molecule has 14 nitrogen and oxygen atoms in total. The fourth-order valence-corrected chi connectivity index (χ4v) is 6.40. The molecular formula is C43H95N7O7. The Morgan fingerprint density at radius 3 is 1.26 bits per heavy atom. The van der Waals surface area contributed by atoms with Gasteiger partial charge in [0, 0.05) is 19.6 Å². The fourth-order valence-electron chi connectivity index (χ4n) is 6.40. The van der Waals surface area contributed by atoms with Gasteiger partial charge in [0.05, 0.1) is 37.6 Å². The standard InChI is InChI=1S/C43H95N7O7/c1-36(2)53-34-41(39(52)31-48-28-20-12-9-17-25-45)56-42(32-49-29-21-13-10-18-26-46)54-35-40(38(51)23-15-7-5-6-8-16-24-44)57-43(55-37(3)4)33-50-30-22-14-11-19-27-47/h36-43,48-52H,5-35,44-47H2,1-4H3/t38-,39-,40+,41+,42-,43+/m0/s1. The number of hydrogen-bond acceptors (Lipinski definition) is 14. The highest BCUT2D eigenvalue weighted by molar-refractivity contribution is 4.75. The summed E-state index contributed by atoms with van der Waals surface area (Å²) >= 11 is 0. The minimum Gasteiger partial charge on any atom is -0.390 e. The topological polar surface area (TPSA) is 227 Å². The lowest BCUT2D eigenvalue weighted by atomic mass is 10.0. The number of aliphatic hydroxyl groups excluding tert-OH is 2. The summed E-state index contributed by atoms with van der Waals surface area (Å²) in [4.78, 5) is 0. The molecule has 0 unspecified atom stereocenters. The molecule has 14 heteroatoms. The van der Waals surface area contributed by atoms with E-state index in [2.05, 4.69) is 16.0 Å². The van der Waals surface area contributed by atoms with Crippen LogP contribution in [0, 0.1) is 0 Å². The largest absolute Gasteiger partial charge is 0.390 e. The SMILES string of the molecule is CC(C)OC[C@@H](O[C@@H](CNCCCCCCN)OC[C@@H](O[C@H](CNCCCCCCN)OC(C)C)[C@@H](O)CCCCCCCCN)[C@@H](O)CNCCCCCCN. The van der Waals surface area contributed by atoms with Crippen molar-refractivity contribution in [2.24, 2.45) is 22.9 Å². The molecule has 0 aromatic heterocycles. The Morgan fingerprint density at radius 2 is 0.789 bits per heavy atom. The molecule has 0 saturated carbocycles. The fraction of sp³-hybridized carbons (Fsp3) is 1.00. The van der Waals surface area contributed by atoms with E-state index in [0.29, 0.717) is 32.6 Å². The summed E-state index contributed by atoms with van der Waals surface area (Å²) in [7, 11) is 0. The molecule has 0 saturated heterocycles. The smallest absolute Gasteiger partial charge is 0.170 e. The number of nitrogens with one attached hydrogen (secondary N) is 3. The van der Waals surface area contributed by atoms with E-state index in [-0.39, 0.29) is 25.4 Å². The van der Waals surface area contributed by atoms with Crippen molar-refractivity contribution in [2.75, 3.05) is 78.7 Å². The lowest BCUT2D eigenvalue weighted by molar-refractivity contribution is -0.246. The van der Waals surface area contributed by atoms with Crippen molar-refractivity contribution < 1.29 is 33.9 Å². The van der Waals surface area contributed by atoms with Crippen molar-refractivity contribution >= 4 is 0 Å². The maximum Gasteiger partial charge on any atom is 0.170 e. The molecule has 6 atom stereocenters. The summed E-state index contributed by atoms with van der Waals surface area (Å²) < 4.78 is 31.8. The predicted octanol–water partition coefficient (Wildman–Crippen LogP) is 4.01. The van der Waals surface area contributed by atoms with Crippen LogP contribution in [0.25, 0.3) is 0 Å². The van der Waals surface area contributed by atoms with Gasteiger partial charge in [0.1, 0.15) is 12.2 Å². The monoisotopic (exact) mass is 822 g/mol. The third-order valence-corrected chi connectivity index (χ3v) is 9.83. The Labute approximate surface area is 349 Å². The molecule has 0 spiro atoms. The molecule has 0 aliphatic heterocycles. The first-order chi connectivity index (χ1) is 27.7. The summed E-state index contributed by atoms with van der Waals surface area (Å²) in [6.45, 7) is 14.8. The van der Waals surface area contributed by atoms with Gasteiger partial charge in [-0.15, -0.1) is 0 Å². The number of rotatable bonds is 46. The Bertz CT molecular complexity index is 809. The van der Waals surface area contributed by atoms with Gasteiger partial charge in [-0.25, -0.2) is 0 Å². The number of hydrogen-bond donors (Lipinski definition) is 9. The molecule has 0 aliphatic rings. The van der Waals surface area contributed by atoms with Crippen molar-refractivity contribution in [3.05, 3.63) is 0 Å². The van der Waals surface area contributed by atoms with Crippen LogP contribution in [-0.2, 0) is 23.7 Å². The zero-order valence-electron chi connectivity index (χ0n) is 37.3. The van der Waals surface area contributed by atoms with E-state index in [1.54, 1.807) is 0 Å². The van der Waals surface area contributed by atoms with Crippen LogP contribution in [-0.4, -0.2) is 138 Å². The van der Waals surface area contributed by atoms with E-state index in [1.807, 2.05) is 27.7 Å². The van der Waals surface area contributed by atoms with E-state index < -0.39 is 37.0 Å². The first kappa shape index (κ1) is 56.4. The zero-order valence-corrected chi connectivity index (χ0v) is 37.3. The maximum atomic E-state index is 11.6. The molecule has 344 valence electrons. The number of aliphatic hydroxyl groups is 2. The summed E-state index contributed by atoms with van der Waals surface area (Å²) in [5, 5.41) is 33.3. The van der Waals surface area contributed by atoms with E-state index >= 15 is 0 Å². The lowest BCUT2D eigenvalue weighted by Gasteiger charge is -2.33. The van der Waals surface area contributed by atoms with Gasteiger partial charge < -0.3 is 72.8 Å². The third kappa shape index (κ3) is 37.0. The second-order valence-corrected chi connectivity index (χ2v) is 16.2. The second kappa shape index (κ2) is 42.1. The average Bonchev–Trinajstić information content (AvgIpc) is 3.18. The maximum absolute atomic E-state index is 11.6. The van der Waals surface area contributed by atoms with Gasteiger partial charge >= 0.3 is 0 Å². The number of nitrogens with two attached hydrogens (primary N) is 4. The molecule has 0 aliphatic carbocycles. The van der Waals surface area contributed by atoms with Crippen LogP contribution in [0.3, 0.4) is 0 Å². The minimum atomic E-state index is -0.817. The van der Waals surface area contributed by atoms with E-state index in [4.69, 9.17) is 46.6 Å². The molecule has 0 aromatic carbocycles. The van der Waals surface area contributed by atoms with E-state index in [1.165, 1.54) is 0 Å². The highest BCUT2D eigenvalue weighted by atomic mass is 16.7. The van der Waals surface area contributed by atoms with Crippen LogP contribution >= 0.6 is 0 Å². The molecule has 0 heterocycles. The highest BCUT2D eigenvalue weighted by Crippen LogP contribution is 2.17. The van der Waals surface area contributed by atoms with Crippen molar-refractivity contribution in [1.29, 1.82) is 0 Å². The molecule has 57 heavy (non-hydrogen) atoms. The Kier molecular flexibility index (Phi) is 41.7. The molecule has 0 amide bonds. The quantitative estimate of drug-likeness (QED) is 0.0313. The van der Waals surface area contributed by atoms with Gasteiger partial charge in [0.2, 0.25) is 0 Å². The number of ether oxygens (including phenoxy) is 5. The molecule has 0 bridgehead atoms. The van der Waals surface area contributed by atoms with E-state index in [9.17, 15) is 10.2 Å². The molecule has 0 rings (SSSR count). The van der Waals surface area contributed by atoms with Crippen LogP contribution in [0.4, 0.5) is 0 Å². The van der Waals surface area contributed by atoms with Crippen LogP contribution in [0.5, 0.6) is 0 Å². The van der Waals surface area contributed by atoms with Crippen LogP contribution in [0.1, 0.15) is 150 Å². The van der Waals surface area contributed by atoms with E-state index in [0.717, 1.165) is 155 Å². The Balaban J connectivity index is 5.90. The predicted molar refractivity (Wildman–Crippen MR) is 235 cm³/mol. The Hall–Kier alpha value is -0.560. The van der Waals surface area contributed by atoms with Gasteiger partial charge in [-0.2, -0.15) is 0 Å². The molecule has 0 aromatic rings. The summed E-state index contributed by atoms with van der Waals surface area (Å²) in [6, 6.07) is 0. The van der Waals surface area contributed by atoms with Crippen LogP contribution in [0.15, 0.2) is 0 Å². The molecule has 13 N–H and O–H groups in total. The summed E-state index contributed by atoms with van der Waals surface area (Å²) in [5.41, 5.74) is 22.7. The highest BCUT2D eigenvalue weighted by Gasteiger charge is 2.29. The molecular weight excluding hydrogens is 727 g/mol. The van der Waals surface area contributed by atoms with Crippen LogP contribution < -0.4 is 38.9 Å². The van der Waals surface area contributed by atoms with Crippen molar-refractivity contribution in [2.45, 2.75) is 199 Å². The average molecular weight is 822 g/mol. The van der Waals surface area contributed by atoms with Gasteiger partial charge in [-0.1, -0.05) is 70.6 Å². The summed E-state index contributed by atoms with van der Waals surface area (Å²) in [5.74, 6) is 0. The lowest BCUT2D eigenvalue weighted by Crippen LogP contribution is -2.47. The van der Waals surface area contributed by atoms with Crippen LogP contribution in [0.2, 0.25) is 0 Å². The molecule has 0 fully saturated rings. The first-order valence-corrected chi connectivity index (χ1v) is 23.2.